The predicted octanol–water partition coefficient (Wildman–Crippen LogP) is 3.16. The molecular formula is C15H21ClFNO3. The second kappa shape index (κ2) is 7.61. The van der Waals surface area contributed by atoms with Gasteiger partial charge in [-0.1, -0.05) is 25.4 Å². The number of halogens is 2. The van der Waals surface area contributed by atoms with Gasteiger partial charge in [0.25, 0.3) is 0 Å². The number of esters is 1. The molecule has 0 aliphatic rings. The molecule has 0 heterocycles. The van der Waals surface area contributed by atoms with E-state index in [-0.39, 0.29) is 16.7 Å². The molecule has 2 N–H and O–H groups in total. The third kappa shape index (κ3) is 5.52. The molecule has 21 heavy (non-hydrogen) atoms. The van der Waals surface area contributed by atoms with E-state index in [0.29, 0.717) is 0 Å². The molecule has 4 nitrogen and oxygen atoms in total. The average Bonchev–Trinajstić information content (AvgIpc) is 2.33. The van der Waals surface area contributed by atoms with Gasteiger partial charge in [-0.05, 0) is 31.9 Å². The highest BCUT2D eigenvalue weighted by Gasteiger charge is 2.27. The highest BCUT2D eigenvalue weighted by Crippen LogP contribution is 2.23. The standard InChI is InChI=1S/C15H21ClFNO3/c1-8(2)14(21-15(19)9(3)18)10(4)20-13-6-11(16)5-12(17)7-13/h5-10,14H,18H2,1-4H3. The minimum absolute atomic E-state index is 0.0201. The zero-order valence-corrected chi connectivity index (χ0v) is 13.4. The molecule has 0 aliphatic carbocycles. The predicted molar refractivity (Wildman–Crippen MR) is 79.9 cm³/mol. The Kier molecular flexibility index (Phi) is 6.42. The largest absolute Gasteiger partial charge is 0.487 e. The molecular weight excluding hydrogens is 297 g/mol. The van der Waals surface area contributed by atoms with E-state index in [1.165, 1.54) is 18.2 Å². The fourth-order valence-electron chi connectivity index (χ4n) is 1.89. The maximum absolute atomic E-state index is 13.3. The van der Waals surface area contributed by atoms with Gasteiger partial charge in [-0.25, -0.2) is 4.39 Å². The molecule has 0 fully saturated rings. The van der Waals surface area contributed by atoms with Crippen LogP contribution >= 0.6 is 11.6 Å². The van der Waals surface area contributed by atoms with Gasteiger partial charge in [0.15, 0.2) is 0 Å². The first-order valence-electron chi connectivity index (χ1n) is 6.79. The Hall–Kier alpha value is -1.33. The Morgan fingerprint density at radius 1 is 1.24 bits per heavy atom. The summed E-state index contributed by atoms with van der Waals surface area (Å²) in [5.41, 5.74) is 5.49. The molecule has 118 valence electrons. The first-order valence-corrected chi connectivity index (χ1v) is 7.17. The Labute approximate surface area is 129 Å². The first kappa shape index (κ1) is 17.7. The van der Waals surface area contributed by atoms with Gasteiger partial charge in [-0.15, -0.1) is 0 Å². The van der Waals surface area contributed by atoms with Crippen LogP contribution in [0, 0.1) is 11.7 Å². The lowest BCUT2D eigenvalue weighted by atomic mass is 10.0. The zero-order valence-electron chi connectivity index (χ0n) is 12.6. The van der Waals surface area contributed by atoms with Crippen LogP contribution in [-0.2, 0) is 9.53 Å². The molecule has 1 rings (SSSR count). The monoisotopic (exact) mass is 317 g/mol. The van der Waals surface area contributed by atoms with Gasteiger partial charge in [-0.3, -0.25) is 4.79 Å². The second-order valence-electron chi connectivity index (χ2n) is 5.36. The number of hydrogen-bond acceptors (Lipinski definition) is 4. The van der Waals surface area contributed by atoms with Crippen molar-refractivity contribution in [1.29, 1.82) is 0 Å². The van der Waals surface area contributed by atoms with Gasteiger partial charge < -0.3 is 15.2 Å². The van der Waals surface area contributed by atoms with Crippen molar-refractivity contribution in [1.82, 2.24) is 0 Å². The molecule has 0 saturated carbocycles. The van der Waals surface area contributed by atoms with Crippen LogP contribution in [0.2, 0.25) is 5.02 Å². The smallest absolute Gasteiger partial charge is 0.323 e. The summed E-state index contributed by atoms with van der Waals surface area (Å²) in [7, 11) is 0. The van der Waals surface area contributed by atoms with Gasteiger partial charge in [-0.2, -0.15) is 0 Å². The Morgan fingerprint density at radius 3 is 2.33 bits per heavy atom. The SMILES string of the molecule is CC(N)C(=O)OC(C(C)C)C(C)Oc1cc(F)cc(Cl)c1. The van der Waals surface area contributed by atoms with E-state index in [4.69, 9.17) is 26.8 Å². The topological polar surface area (TPSA) is 61.6 Å². The Bertz CT molecular complexity index is 474. The fraction of sp³-hybridized carbons (Fsp3) is 0.533. The Morgan fingerprint density at radius 2 is 1.86 bits per heavy atom. The van der Waals surface area contributed by atoms with E-state index >= 15 is 0 Å². The number of carbonyl (C=O) groups is 1. The van der Waals surface area contributed by atoms with Crippen molar-refractivity contribution >= 4 is 17.6 Å². The summed E-state index contributed by atoms with van der Waals surface area (Å²) in [6, 6.07) is 3.22. The van der Waals surface area contributed by atoms with Crippen LogP contribution in [0.15, 0.2) is 18.2 Å². The van der Waals surface area contributed by atoms with Gasteiger partial charge in [0.1, 0.15) is 29.8 Å². The van der Waals surface area contributed by atoms with Crippen molar-refractivity contribution in [2.75, 3.05) is 0 Å². The number of benzene rings is 1. The molecule has 0 amide bonds. The molecule has 0 bridgehead atoms. The van der Waals surface area contributed by atoms with Crippen molar-refractivity contribution in [3.05, 3.63) is 29.0 Å². The maximum atomic E-state index is 13.3. The van der Waals surface area contributed by atoms with E-state index in [2.05, 4.69) is 0 Å². The molecule has 1 aromatic carbocycles. The van der Waals surface area contributed by atoms with Crippen molar-refractivity contribution in [2.45, 2.75) is 45.9 Å². The van der Waals surface area contributed by atoms with Gasteiger partial charge in [0, 0.05) is 11.1 Å². The van der Waals surface area contributed by atoms with Crippen LogP contribution in [-0.4, -0.2) is 24.2 Å². The summed E-state index contributed by atoms with van der Waals surface area (Å²) >= 11 is 5.78. The summed E-state index contributed by atoms with van der Waals surface area (Å²) in [5.74, 6) is -0.679. The number of rotatable bonds is 6. The molecule has 0 aromatic heterocycles. The lowest BCUT2D eigenvalue weighted by Gasteiger charge is -2.28. The van der Waals surface area contributed by atoms with Crippen LogP contribution < -0.4 is 10.5 Å². The second-order valence-corrected chi connectivity index (χ2v) is 5.80. The van der Waals surface area contributed by atoms with Gasteiger partial charge in [0.05, 0.1) is 0 Å². The van der Waals surface area contributed by atoms with Gasteiger partial charge >= 0.3 is 5.97 Å². The maximum Gasteiger partial charge on any atom is 0.323 e. The summed E-state index contributed by atoms with van der Waals surface area (Å²) in [5, 5.41) is 0.242. The van der Waals surface area contributed by atoms with Crippen LogP contribution in [0.4, 0.5) is 4.39 Å². The number of carbonyl (C=O) groups excluding carboxylic acids is 1. The average molecular weight is 318 g/mol. The highest BCUT2D eigenvalue weighted by atomic mass is 35.5. The summed E-state index contributed by atoms with van der Waals surface area (Å²) in [6.45, 7) is 7.10. The first-order chi connectivity index (χ1) is 9.70. The summed E-state index contributed by atoms with van der Waals surface area (Å²) in [6.07, 6.45) is -0.962. The highest BCUT2D eigenvalue weighted by molar-refractivity contribution is 6.30. The Balaban J connectivity index is 2.81. The van der Waals surface area contributed by atoms with Crippen molar-refractivity contribution in [3.8, 4) is 5.75 Å². The molecule has 0 radical (unpaired) electrons. The number of nitrogens with two attached hydrogens (primary N) is 1. The molecule has 6 heteroatoms. The molecule has 0 saturated heterocycles. The van der Waals surface area contributed by atoms with Crippen LogP contribution in [0.5, 0.6) is 5.75 Å². The minimum atomic E-state index is -0.706. The number of ether oxygens (including phenoxy) is 2. The van der Waals surface area contributed by atoms with E-state index in [1.807, 2.05) is 13.8 Å². The molecule has 3 unspecified atom stereocenters. The van der Waals surface area contributed by atoms with E-state index < -0.39 is 30.0 Å². The molecule has 1 aromatic rings. The van der Waals surface area contributed by atoms with Crippen LogP contribution in [0.3, 0.4) is 0 Å². The normalized spacial score (nSPS) is 15.4. The summed E-state index contributed by atoms with van der Waals surface area (Å²) < 4.78 is 24.3. The van der Waals surface area contributed by atoms with Gasteiger partial charge in [0.2, 0.25) is 0 Å². The number of hydrogen-bond donors (Lipinski definition) is 1. The zero-order chi connectivity index (χ0) is 16.2. The lowest BCUT2D eigenvalue weighted by Crippen LogP contribution is -2.41. The van der Waals surface area contributed by atoms with Crippen LogP contribution in [0.1, 0.15) is 27.7 Å². The third-order valence-corrected chi connectivity index (χ3v) is 3.12. The fourth-order valence-corrected chi connectivity index (χ4v) is 2.11. The summed E-state index contributed by atoms with van der Waals surface area (Å²) in [4.78, 5) is 11.6. The third-order valence-electron chi connectivity index (χ3n) is 2.90. The van der Waals surface area contributed by atoms with Crippen molar-refractivity contribution < 1.29 is 18.7 Å². The van der Waals surface area contributed by atoms with E-state index in [0.717, 1.165) is 0 Å². The molecule has 0 spiro atoms. The molecule has 3 atom stereocenters. The van der Waals surface area contributed by atoms with Crippen molar-refractivity contribution in [2.24, 2.45) is 11.7 Å². The lowest BCUT2D eigenvalue weighted by molar-refractivity contribution is -0.157. The van der Waals surface area contributed by atoms with Crippen molar-refractivity contribution in [3.63, 3.8) is 0 Å². The quantitative estimate of drug-likeness (QED) is 0.819. The van der Waals surface area contributed by atoms with Crippen LogP contribution in [0.25, 0.3) is 0 Å². The van der Waals surface area contributed by atoms with E-state index in [1.54, 1.807) is 13.8 Å². The van der Waals surface area contributed by atoms with E-state index in [9.17, 15) is 9.18 Å². The minimum Gasteiger partial charge on any atom is -0.487 e. The molecule has 0 aliphatic heterocycles.